The fourth-order valence-corrected chi connectivity index (χ4v) is 1.67. The summed E-state index contributed by atoms with van der Waals surface area (Å²) < 4.78 is 5.12. The van der Waals surface area contributed by atoms with Gasteiger partial charge in [-0.2, -0.15) is 0 Å². The number of aliphatic hydroxyl groups is 1. The maximum absolute atomic E-state index is 11.4. The standard InChI is InChI=1S/C14H21NO3.C3H8/c1-4-9-15-14(17)18-11(3)13(16)12-8-6-5-7-10(12)2;1-3-2/h5-8,11,13,16H,4,9H2,1-3H3,(H,15,17);3H2,1-2H3. The number of nitrogens with one attached hydrogen (secondary N) is 1. The number of carbonyl (C=O) groups excluding carboxylic acids is 1. The zero-order chi connectivity index (χ0) is 16.3. The number of rotatable bonds is 5. The lowest BCUT2D eigenvalue weighted by molar-refractivity contribution is 0.0116. The van der Waals surface area contributed by atoms with E-state index in [1.54, 1.807) is 6.92 Å². The van der Waals surface area contributed by atoms with Gasteiger partial charge in [-0.3, -0.25) is 0 Å². The van der Waals surface area contributed by atoms with Crippen LogP contribution >= 0.6 is 0 Å². The Hall–Kier alpha value is -1.55. The van der Waals surface area contributed by atoms with Crippen LogP contribution < -0.4 is 5.32 Å². The molecule has 2 N–H and O–H groups in total. The van der Waals surface area contributed by atoms with Crippen molar-refractivity contribution < 1.29 is 14.6 Å². The van der Waals surface area contributed by atoms with Gasteiger partial charge in [0.15, 0.2) is 0 Å². The molecule has 0 aliphatic heterocycles. The Morgan fingerprint density at radius 3 is 2.38 bits per heavy atom. The monoisotopic (exact) mass is 295 g/mol. The van der Waals surface area contributed by atoms with E-state index >= 15 is 0 Å². The van der Waals surface area contributed by atoms with Gasteiger partial charge in [0.2, 0.25) is 0 Å². The summed E-state index contributed by atoms with van der Waals surface area (Å²) in [5, 5.41) is 12.8. The molecule has 0 saturated carbocycles. The van der Waals surface area contributed by atoms with E-state index in [0.717, 1.165) is 17.5 Å². The van der Waals surface area contributed by atoms with Crippen molar-refractivity contribution in [2.24, 2.45) is 0 Å². The quantitative estimate of drug-likeness (QED) is 0.864. The summed E-state index contributed by atoms with van der Waals surface area (Å²) in [5.74, 6) is 0. The van der Waals surface area contributed by atoms with Gasteiger partial charge in [-0.15, -0.1) is 0 Å². The first-order valence-electron chi connectivity index (χ1n) is 7.65. The highest BCUT2D eigenvalue weighted by atomic mass is 16.6. The molecule has 1 aromatic carbocycles. The van der Waals surface area contributed by atoms with Crippen molar-refractivity contribution in [1.29, 1.82) is 0 Å². The third-order valence-electron chi connectivity index (χ3n) is 2.76. The highest BCUT2D eigenvalue weighted by Gasteiger charge is 2.21. The molecule has 1 aromatic rings. The minimum atomic E-state index is -0.807. The summed E-state index contributed by atoms with van der Waals surface area (Å²) >= 11 is 0. The Labute approximate surface area is 128 Å². The fourth-order valence-electron chi connectivity index (χ4n) is 1.67. The minimum absolute atomic E-state index is 0.489. The topological polar surface area (TPSA) is 58.6 Å². The Balaban J connectivity index is 0.00000122. The Morgan fingerprint density at radius 2 is 1.86 bits per heavy atom. The third kappa shape index (κ3) is 7.71. The van der Waals surface area contributed by atoms with Gasteiger partial charge in [0.1, 0.15) is 12.2 Å². The number of hydrogen-bond acceptors (Lipinski definition) is 3. The summed E-state index contributed by atoms with van der Waals surface area (Å²) in [6.45, 7) is 10.4. The van der Waals surface area contributed by atoms with Gasteiger partial charge in [0, 0.05) is 6.54 Å². The number of aliphatic hydroxyl groups excluding tert-OH is 1. The van der Waals surface area contributed by atoms with Gasteiger partial charge >= 0.3 is 6.09 Å². The molecule has 0 saturated heterocycles. The molecule has 4 nitrogen and oxygen atoms in total. The molecule has 120 valence electrons. The molecule has 2 atom stereocenters. The summed E-state index contributed by atoms with van der Waals surface area (Å²) in [6.07, 6.45) is 0.225. The van der Waals surface area contributed by atoms with Crippen molar-refractivity contribution >= 4 is 6.09 Å². The van der Waals surface area contributed by atoms with Crippen LogP contribution in [-0.4, -0.2) is 23.8 Å². The van der Waals surface area contributed by atoms with Gasteiger partial charge in [-0.25, -0.2) is 4.79 Å². The Morgan fingerprint density at radius 1 is 1.29 bits per heavy atom. The molecule has 4 heteroatoms. The number of ether oxygens (including phenoxy) is 1. The van der Waals surface area contributed by atoms with Crippen LogP contribution in [0.1, 0.15) is 57.8 Å². The van der Waals surface area contributed by atoms with E-state index < -0.39 is 18.3 Å². The first-order valence-corrected chi connectivity index (χ1v) is 7.65. The molecule has 2 unspecified atom stereocenters. The number of amides is 1. The van der Waals surface area contributed by atoms with Crippen molar-refractivity contribution in [2.45, 2.75) is 59.7 Å². The molecule has 0 heterocycles. The van der Waals surface area contributed by atoms with Crippen molar-refractivity contribution in [2.75, 3.05) is 6.54 Å². The summed E-state index contributed by atoms with van der Waals surface area (Å²) in [7, 11) is 0. The molecule has 21 heavy (non-hydrogen) atoms. The maximum atomic E-state index is 11.4. The SMILES string of the molecule is CCC.CCCNC(=O)OC(C)C(O)c1ccccc1C. The van der Waals surface area contributed by atoms with Crippen LogP contribution in [0.2, 0.25) is 0 Å². The summed E-state index contributed by atoms with van der Waals surface area (Å²) in [6, 6.07) is 7.52. The number of hydrogen-bond donors (Lipinski definition) is 2. The lowest BCUT2D eigenvalue weighted by atomic mass is 10.0. The van der Waals surface area contributed by atoms with Gasteiger partial charge in [0.25, 0.3) is 0 Å². The first-order chi connectivity index (χ1) is 9.97. The normalized spacial score (nSPS) is 12.7. The maximum Gasteiger partial charge on any atom is 0.407 e. The van der Waals surface area contributed by atoms with Crippen molar-refractivity contribution in [3.8, 4) is 0 Å². The molecule has 0 aromatic heterocycles. The number of carbonyl (C=O) groups is 1. The van der Waals surface area contributed by atoms with E-state index in [9.17, 15) is 9.90 Å². The molecule has 0 fully saturated rings. The van der Waals surface area contributed by atoms with Crippen LogP contribution in [0.5, 0.6) is 0 Å². The average molecular weight is 295 g/mol. The second kappa shape index (κ2) is 11.1. The second-order valence-electron chi connectivity index (χ2n) is 5.05. The fraction of sp³-hybridized carbons (Fsp3) is 0.588. The largest absolute Gasteiger partial charge is 0.443 e. The lowest BCUT2D eigenvalue weighted by Crippen LogP contribution is -2.31. The van der Waals surface area contributed by atoms with E-state index in [2.05, 4.69) is 19.2 Å². The zero-order valence-corrected chi connectivity index (χ0v) is 13.8. The van der Waals surface area contributed by atoms with Crippen LogP contribution in [0.3, 0.4) is 0 Å². The highest BCUT2D eigenvalue weighted by molar-refractivity contribution is 5.67. The Bertz CT molecular complexity index is 407. The number of alkyl carbamates (subject to hydrolysis) is 1. The van der Waals surface area contributed by atoms with E-state index in [1.165, 1.54) is 6.42 Å². The van der Waals surface area contributed by atoms with Gasteiger partial charge < -0.3 is 15.2 Å². The van der Waals surface area contributed by atoms with E-state index in [4.69, 9.17) is 4.74 Å². The minimum Gasteiger partial charge on any atom is -0.443 e. The number of benzene rings is 1. The van der Waals surface area contributed by atoms with Crippen molar-refractivity contribution in [3.63, 3.8) is 0 Å². The molecular formula is C17H29NO3. The van der Waals surface area contributed by atoms with E-state index in [-0.39, 0.29) is 0 Å². The zero-order valence-electron chi connectivity index (χ0n) is 13.8. The van der Waals surface area contributed by atoms with E-state index in [1.807, 2.05) is 38.1 Å². The first kappa shape index (κ1) is 19.4. The highest BCUT2D eigenvalue weighted by Crippen LogP contribution is 2.22. The van der Waals surface area contributed by atoms with Crippen LogP contribution in [0, 0.1) is 6.92 Å². The summed E-state index contributed by atoms with van der Waals surface area (Å²) in [5.41, 5.74) is 1.77. The average Bonchev–Trinajstić information content (AvgIpc) is 2.45. The number of aryl methyl sites for hydroxylation is 1. The molecule has 0 aliphatic rings. The smallest absolute Gasteiger partial charge is 0.407 e. The van der Waals surface area contributed by atoms with Gasteiger partial charge in [0.05, 0.1) is 0 Å². The molecule has 1 rings (SSSR count). The van der Waals surface area contributed by atoms with Crippen LogP contribution in [0.25, 0.3) is 0 Å². The van der Waals surface area contributed by atoms with Crippen LogP contribution in [0.15, 0.2) is 24.3 Å². The Kier molecular flexibility index (Phi) is 10.3. The predicted octanol–water partition coefficient (Wildman–Crippen LogP) is 3.97. The van der Waals surface area contributed by atoms with Crippen LogP contribution in [0.4, 0.5) is 4.79 Å². The van der Waals surface area contributed by atoms with Crippen LogP contribution in [-0.2, 0) is 4.74 Å². The third-order valence-corrected chi connectivity index (χ3v) is 2.76. The second-order valence-corrected chi connectivity index (χ2v) is 5.05. The van der Waals surface area contributed by atoms with Gasteiger partial charge in [-0.1, -0.05) is 51.5 Å². The molecule has 0 spiro atoms. The lowest BCUT2D eigenvalue weighted by Gasteiger charge is -2.21. The molecule has 0 radical (unpaired) electrons. The summed E-state index contributed by atoms with van der Waals surface area (Å²) in [4.78, 5) is 11.4. The molecule has 0 bridgehead atoms. The van der Waals surface area contributed by atoms with Crippen molar-refractivity contribution in [3.05, 3.63) is 35.4 Å². The van der Waals surface area contributed by atoms with Gasteiger partial charge in [-0.05, 0) is 31.4 Å². The van der Waals surface area contributed by atoms with E-state index in [0.29, 0.717) is 6.54 Å². The molecular weight excluding hydrogens is 266 g/mol. The van der Waals surface area contributed by atoms with Crippen molar-refractivity contribution in [1.82, 2.24) is 5.32 Å². The molecule has 1 amide bonds. The molecule has 0 aliphatic carbocycles. The predicted molar refractivity (Wildman–Crippen MR) is 86.3 cm³/mol.